The van der Waals surface area contributed by atoms with Crippen LogP contribution < -0.4 is 0 Å². The summed E-state index contributed by atoms with van der Waals surface area (Å²) < 4.78 is 0. The first-order valence-corrected chi connectivity index (χ1v) is 1.15. The largest absolute Gasteiger partial charge is 0.503 e. The van der Waals surface area contributed by atoms with Crippen molar-refractivity contribution in [3.63, 3.8) is 0 Å². The molecule has 0 aliphatic rings. The van der Waals surface area contributed by atoms with Crippen molar-refractivity contribution >= 4 is 6.16 Å². The second kappa shape index (κ2) is 39.8. The van der Waals surface area contributed by atoms with Crippen LogP contribution in [0.4, 0.5) is 14.2 Å². The van der Waals surface area contributed by atoms with Crippen LogP contribution in [0.25, 0.3) is 0 Å². The third-order valence-electron chi connectivity index (χ3n) is 0. The number of halogens is 2. The fraction of sp³-hybridized carbons (Fsp3) is 0. The molecule has 0 radical (unpaired) electrons. The van der Waals surface area contributed by atoms with Crippen molar-refractivity contribution in [2.24, 2.45) is 0 Å². The lowest BCUT2D eigenvalue weighted by Gasteiger charge is -1.60. The maximum Gasteiger partial charge on any atom is 0.503 e. The molecule has 2 N–H and O–H groups in total. The number of hydrogen-bond acceptors (Lipinski definition) is 1. The van der Waals surface area contributed by atoms with Gasteiger partial charge in [0.2, 0.25) is 0 Å². The van der Waals surface area contributed by atoms with Gasteiger partial charge in [0.25, 0.3) is 0 Å². The van der Waals surface area contributed by atoms with Crippen molar-refractivity contribution in [1.82, 2.24) is 0 Å². The van der Waals surface area contributed by atoms with E-state index < -0.39 is 6.16 Å². The lowest BCUT2D eigenvalue weighted by atomic mass is 11.3. The molecular formula is C3H8F2O3. The van der Waals surface area contributed by atoms with Gasteiger partial charge in [-0.3, -0.25) is 9.41 Å². The quantitative estimate of drug-likeness (QED) is 0.486. The summed E-state index contributed by atoms with van der Waals surface area (Å²) >= 11 is 0. The van der Waals surface area contributed by atoms with Gasteiger partial charge < -0.3 is 10.2 Å². The fourth-order valence-corrected chi connectivity index (χ4v) is 0. The zero-order valence-electron chi connectivity index (χ0n) is 4.03. The van der Waals surface area contributed by atoms with Gasteiger partial charge in [0, 0.05) is 0 Å². The Kier molecular flexibility index (Phi) is 143. The van der Waals surface area contributed by atoms with Crippen molar-refractivity contribution < 1.29 is 24.4 Å². The number of carboxylic acid groups (broad SMARTS) is 2. The Morgan fingerprint density at radius 2 is 1.12 bits per heavy atom. The molecule has 0 aromatic rings. The van der Waals surface area contributed by atoms with E-state index >= 15 is 0 Å². The minimum atomic E-state index is -1.83. The zero-order valence-corrected chi connectivity index (χ0v) is 4.03. The van der Waals surface area contributed by atoms with Crippen molar-refractivity contribution in [1.29, 1.82) is 0 Å². The van der Waals surface area contributed by atoms with Crippen LogP contribution >= 0.6 is 0 Å². The first-order chi connectivity index (χ1) is 2.73. The third-order valence-corrected chi connectivity index (χ3v) is 0. The van der Waals surface area contributed by atoms with Crippen molar-refractivity contribution in [3.05, 3.63) is 13.2 Å². The summed E-state index contributed by atoms with van der Waals surface area (Å²) in [6.45, 7) is 6.00. The van der Waals surface area contributed by atoms with Crippen molar-refractivity contribution in [2.45, 2.75) is 0 Å². The second-order valence-corrected chi connectivity index (χ2v) is 0.283. The molecule has 52 valence electrons. The molecule has 8 heavy (non-hydrogen) atoms. The minimum Gasteiger partial charge on any atom is -0.450 e. The maximum atomic E-state index is 8.56. The summed E-state index contributed by atoms with van der Waals surface area (Å²) in [4.78, 5) is 8.56. The molecule has 0 aliphatic carbocycles. The molecule has 3 nitrogen and oxygen atoms in total. The van der Waals surface area contributed by atoms with E-state index in [1.54, 1.807) is 0 Å². The average molecular weight is 130 g/mol. The Morgan fingerprint density at radius 3 is 1.12 bits per heavy atom. The summed E-state index contributed by atoms with van der Waals surface area (Å²) in [5.74, 6) is 0. The first kappa shape index (κ1) is 28.7. The number of carbonyl (C=O) groups is 1. The van der Waals surface area contributed by atoms with Crippen LogP contribution in [0.1, 0.15) is 0 Å². The normalized spacial score (nSPS) is 3.50. The highest BCUT2D eigenvalue weighted by atomic mass is 19.0. The van der Waals surface area contributed by atoms with Crippen LogP contribution in [-0.2, 0) is 0 Å². The van der Waals surface area contributed by atoms with Gasteiger partial charge in [-0.05, 0) is 0 Å². The summed E-state index contributed by atoms with van der Waals surface area (Å²) in [5.41, 5.74) is 0. The van der Waals surface area contributed by atoms with Crippen molar-refractivity contribution in [2.75, 3.05) is 0 Å². The highest BCUT2D eigenvalue weighted by molar-refractivity contribution is 5.53. The SMILES string of the molecule is C=C.F.F.O=C(O)O. The van der Waals surface area contributed by atoms with E-state index in [1.807, 2.05) is 0 Å². The fourth-order valence-electron chi connectivity index (χ4n) is 0. The highest BCUT2D eigenvalue weighted by Gasteiger charge is 1.70. The molecule has 0 saturated heterocycles. The van der Waals surface area contributed by atoms with Gasteiger partial charge in [-0.1, -0.05) is 0 Å². The summed E-state index contributed by atoms with van der Waals surface area (Å²) in [6.07, 6.45) is -1.83. The van der Waals surface area contributed by atoms with Crippen LogP contribution in [0.2, 0.25) is 0 Å². The lowest BCUT2D eigenvalue weighted by molar-refractivity contribution is 0.137. The first-order valence-electron chi connectivity index (χ1n) is 1.15. The smallest absolute Gasteiger partial charge is 0.450 e. The molecule has 0 rings (SSSR count). The minimum absolute atomic E-state index is 0. The molecule has 0 bridgehead atoms. The van der Waals surface area contributed by atoms with E-state index in [0.29, 0.717) is 0 Å². The van der Waals surface area contributed by atoms with E-state index in [1.165, 1.54) is 0 Å². The van der Waals surface area contributed by atoms with Gasteiger partial charge in [0.15, 0.2) is 0 Å². The van der Waals surface area contributed by atoms with E-state index in [2.05, 4.69) is 13.2 Å². The zero-order chi connectivity index (χ0) is 5.58. The van der Waals surface area contributed by atoms with E-state index in [9.17, 15) is 0 Å². The second-order valence-electron chi connectivity index (χ2n) is 0.283. The van der Waals surface area contributed by atoms with Crippen LogP contribution in [0.15, 0.2) is 13.2 Å². The summed E-state index contributed by atoms with van der Waals surface area (Å²) in [6, 6.07) is 0. The summed E-state index contributed by atoms with van der Waals surface area (Å²) in [5, 5.41) is 13.9. The molecule has 0 aliphatic heterocycles. The Balaban J connectivity index is -0.0000000183. The molecule has 0 fully saturated rings. The molecule has 0 unspecified atom stereocenters. The number of hydrogen-bond donors (Lipinski definition) is 2. The van der Waals surface area contributed by atoms with E-state index in [-0.39, 0.29) is 9.41 Å². The molecule has 0 aromatic carbocycles. The third kappa shape index (κ3) is 57.1. The van der Waals surface area contributed by atoms with Crippen LogP contribution in [0.5, 0.6) is 0 Å². The lowest BCUT2D eigenvalue weighted by Crippen LogP contribution is -1.81. The van der Waals surface area contributed by atoms with Gasteiger partial charge in [0.1, 0.15) is 0 Å². The average Bonchev–Trinajstić information content (AvgIpc) is 1.41. The predicted octanol–water partition coefficient (Wildman–Crippen LogP) is 1.33. The maximum absolute atomic E-state index is 8.56. The molecule has 0 amide bonds. The molecule has 0 spiro atoms. The standard InChI is InChI=1S/C2H4.CH2O3.2FH/c1-2;2-1(3)4;;/h1-2H2;(H2,2,3,4);2*1H. The van der Waals surface area contributed by atoms with Gasteiger partial charge in [0.05, 0.1) is 0 Å². The van der Waals surface area contributed by atoms with Crippen LogP contribution in [-0.4, -0.2) is 16.4 Å². The Bertz CT molecular complexity index is 43.8. The van der Waals surface area contributed by atoms with Crippen LogP contribution in [0.3, 0.4) is 0 Å². The molecule has 0 saturated carbocycles. The molecular weight excluding hydrogens is 122 g/mol. The molecule has 5 heteroatoms. The van der Waals surface area contributed by atoms with Gasteiger partial charge in [-0.15, -0.1) is 13.2 Å². The highest BCUT2D eigenvalue weighted by Crippen LogP contribution is 1.42. The van der Waals surface area contributed by atoms with E-state index in [0.717, 1.165) is 0 Å². The van der Waals surface area contributed by atoms with Gasteiger partial charge in [-0.2, -0.15) is 0 Å². The summed E-state index contributed by atoms with van der Waals surface area (Å²) in [7, 11) is 0. The molecule has 0 heterocycles. The van der Waals surface area contributed by atoms with Crippen molar-refractivity contribution in [3.8, 4) is 0 Å². The monoisotopic (exact) mass is 130 g/mol. The molecule has 0 aromatic heterocycles. The van der Waals surface area contributed by atoms with Gasteiger partial charge in [-0.25, -0.2) is 4.79 Å². The number of rotatable bonds is 0. The topological polar surface area (TPSA) is 57.5 Å². The Morgan fingerprint density at radius 1 is 1.12 bits per heavy atom. The molecule has 0 atom stereocenters. The Hall–Kier alpha value is -1.13. The van der Waals surface area contributed by atoms with Crippen LogP contribution in [0, 0.1) is 0 Å². The Labute approximate surface area is 45.0 Å². The van der Waals surface area contributed by atoms with Gasteiger partial charge >= 0.3 is 6.16 Å². The van der Waals surface area contributed by atoms with E-state index in [4.69, 9.17) is 15.0 Å². The predicted molar refractivity (Wildman–Crippen MR) is 26.9 cm³/mol.